The molecule has 0 radical (unpaired) electrons. The average molecular weight is 824 g/mol. The van der Waals surface area contributed by atoms with Gasteiger partial charge in [-0.25, -0.2) is 0 Å². The van der Waals surface area contributed by atoms with Gasteiger partial charge in [0.05, 0.1) is 0 Å². The molecule has 19 heteroatoms. The zero-order valence-corrected chi connectivity index (χ0v) is 43.8. The molecule has 0 aromatic carbocycles. The van der Waals surface area contributed by atoms with Crippen molar-refractivity contribution in [1.29, 1.82) is 0 Å². The number of rotatable bonds is 23. The summed E-state index contributed by atoms with van der Waals surface area (Å²) in [5, 5.41) is 0. The zero-order chi connectivity index (χ0) is 36.9. The maximum atomic E-state index is 7.45. The van der Waals surface area contributed by atoms with Crippen LogP contribution in [0.5, 0.6) is 0 Å². The lowest BCUT2D eigenvalue weighted by atomic mass is 10.2. The fraction of sp³-hybridized carbons (Fsp3) is 0.926. The summed E-state index contributed by atoms with van der Waals surface area (Å²) >= 11 is 0. The van der Waals surface area contributed by atoms with Crippen molar-refractivity contribution < 1.29 is 37.0 Å². The van der Waals surface area contributed by atoms with Gasteiger partial charge < -0.3 is 37.0 Å². The molecule has 0 bridgehead atoms. The standard InChI is InChI=1S/C27H74O9Si10/c1-23-24-25-26-27-46(34-43(20,28-37(2,3)4)29-38(5,6)7,35-44(21,30-39(8,9)10)31-40(11,12)13)36-45(22,32-41(14,15)16)33-42(17,18)19/h23H,1,24-27H2,2-22H3. The number of hydrogen-bond acceptors (Lipinski definition) is 9. The number of unbranched alkanes of at least 4 members (excludes halogenated alkanes) is 2. The molecule has 9 nitrogen and oxygen atoms in total. The fourth-order valence-corrected chi connectivity index (χ4v) is 47.1. The van der Waals surface area contributed by atoms with E-state index < -0.39 is 85.1 Å². The Balaban J connectivity index is 7.84. The van der Waals surface area contributed by atoms with E-state index in [9.17, 15) is 0 Å². The molecule has 46 heavy (non-hydrogen) atoms. The summed E-state index contributed by atoms with van der Waals surface area (Å²) in [7, 11) is -26.8. The number of allylic oxidation sites excluding steroid dienone is 1. The summed E-state index contributed by atoms with van der Waals surface area (Å²) in [6.45, 7) is 49.2. The molecular formula is C27H74O9Si10. The monoisotopic (exact) mass is 822 g/mol. The third-order valence-corrected chi connectivity index (χ3v) is 37.9. The first-order valence-corrected chi connectivity index (χ1v) is 45.9. The van der Waals surface area contributed by atoms with Gasteiger partial charge in [0.2, 0.25) is 0 Å². The Morgan fingerprint density at radius 3 is 0.739 bits per heavy atom. The topological polar surface area (TPSA) is 83.1 Å². The van der Waals surface area contributed by atoms with Crippen LogP contribution in [0.4, 0.5) is 0 Å². The van der Waals surface area contributed by atoms with Crippen LogP contribution in [0, 0.1) is 0 Å². The van der Waals surface area contributed by atoms with Crippen molar-refractivity contribution in [2.24, 2.45) is 0 Å². The molecule has 0 amide bonds. The minimum absolute atomic E-state index is 0.535. The quantitative estimate of drug-likeness (QED) is 0.0568. The van der Waals surface area contributed by atoms with E-state index in [1.54, 1.807) is 0 Å². The molecule has 0 saturated carbocycles. The highest BCUT2D eigenvalue weighted by Gasteiger charge is 2.63. The summed E-state index contributed by atoms with van der Waals surface area (Å²) in [6, 6.07) is 0.535. The Morgan fingerprint density at radius 2 is 0.565 bits per heavy atom. The van der Waals surface area contributed by atoms with E-state index in [0.29, 0.717) is 6.04 Å². The largest absolute Gasteiger partial charge is 0.478 e. The Kier molecular flexibility index (Phi) is 17.5. The second kappa shape index (κ2) is 16.9. The van der Waals surface area contributed by atoms with Crippen molar-refractivity contribution in [3.63, 3.8) is 0 Å². The molecule has 0 aromatic rings. The lowest BCUT2D eigenvalue weighted by Crippen LogP contribution is -2.71. The van der Waals surface area contributed by atoms with Gasteiger partial charge in [0.25, 0.3) is 0 Å². The van der Waals surface area contributed by atoms with Gasteiger partial charge in [-0.3, -0.25) is 0 Å². The van der Waals surface area contributed by atoms with Crippen LogP contribution >= 0.6 is 0 Å². The van der Waals surface area contributed by atoms with Crippen molar-refractivity contribution in [2.75, 3.05) is 0 Å². The van der Waals surface area contributed by atoms with Gasteiger partial charge >= 0.3 is 35.2 Å². The minimum Gasteiger partial charge on any atom is -0.417 e. The first-order valence-electron chi connectivity index (χ1n) is 16.8. The molecule has 0 aliphatic rings. The van der Waals surface area contributed by atoms with E-state index in [1.807, 2.05) is 25.7 Å². The van der Waals surface area contributed by atoms with Crippen molar-refractivity contribution in [1.82, 2.24) is 0 Å². The molecule has 0 rings (SSSR count). The van der Waals surface area contributed by atoms with Gasteiger partial charge in [-0.05, 0) is 137 Å². The Morgan fingerprint density at radius 1 is 0.348 bits per heavy atom. The predicted octanol–water partition coefficient (Wildman–Crippen LogP) is 10.1. The molecule has 0 N–H and O–H groups in total. The maximum absolute atomic E-state index is 7.45. The summed E-state index contributed by atoms with van der Waals surface area (Å²) in [5.74, 6) is 0. The van der Waals surface area contributed by atoms with Crippen LogP contribution in [0.1, 0.15) is 19.3 Å². The highest BCUT2D eigenvalue weighted by Crippen LogP contribution is 2.37. The van der Waals surface area contributed by atoms with Gasteiger partial charge in [0, 0.05) is 25.7 Å². The van der Waals surface area contributed by atoms with Gasteiger partial charge in [-0.15, -0.1) is 6.58 Å². The third kappa shape index (κ3) is 23.1. The molecule has 0 fully saturated rings. The van der Waals surface area contributed by atoms with Crippen LogP contribution in [0.3, 0.4) is 0 Å². The Labute approximate surface area is 296 Å². The SMILES string of the molecule is C=CCCCC[Si](O[Si](C)(O[Si](C)(C)C)O[Si](C)(C)C)(O[Si](C)(O[Si](C)(C)C)O[Si](C)(C)C)O[Si](C)(O[Si](C)(C)C)O[Si](C)(C)C. The summed E-state index contributed by atoms with van der Waals surface area (Å²) in [6.07, 6.45) is 4.56. The van der Waals surface area contributed by atoms with Crippen LogP contribution in [0.25, 0.3) is 0 Å². The smallest absolute Gasteiger partial charge is 0.417 e. The summed E-state index contributed by atoms with van der Waals surface area (Å²) < 4.78 is 64.0. The van der Waals surface area contributed by atoms with E-state index in [2.05, 4.69) is 124 Å². The van der Waals surface area contributed by atoms with Crippen LogP contribution < -0.4 is 0 Å². The highest BCUT2D eigenvalue weighted by molar-refractivity contribution is 6.95. The molecule has 0 heterocycles. The van der Waals surface area contributed by atoms with Crippen LogP contribution in [-0.2, 0) is 37.0 Å². The van der Waals surface area contributed by atoms with Gasteiger partial charge in [0.15, 0.2) is 49.9 Å². The van der Waals surface area contributed by atoms with Crippen molar-refractivity contribution in [3.8, 4) is 0 Å². The van der Waals surface area contributed by atoms with Crippen molar-refractivity contribution >= 4 is 85.1 Å². The molecule has 0 saturated heterocycles. The molecular weight excluding hydrogens is 749 g/mol. The zero-order valence-electron chi connectivity index (χ0n) is 33.8. The number of hydrogen-bond donors (Lipinski definition) is 0. The second-order valence-corrected chi connectivity index (χ2v) is 58.1. The van der Waals surface area contributed by atoms with Crippen LogP contribution in [-0.4, -0.2) is 85.1 Å². The molecule has 0 spiro atoms. The lowest BCUT2D eigenvalue weighted by molar-refractivity contribution is 0.120. The second-order valence-electron chi connectivity index (χ2n) is 18.4. The predicted molar refractivity (Wildman–Crippen MR) is 219 cm³/mol. The van der Waals surface area contributed by atoms with Crippen LogP contribution in [0.2, 0.25) is 144 Å². The Hall–Kier alpha value is 1.55. The normalized spacial score (nSPS) is 15.4. The molecule has 276 valence electrons. The van der Waals surface area contributed by atoms with Crippen molar-refractivity contribution in [2.45, 2.75) is 163 Å². The van der Waals surface area contributed by atoms with E-state index >= 15 is 0 Å². The minimum atomic E-state index is -3.82. The van der Waals surface area contributed by atoms with E-state index in [0.717, 1.165) is 19.3 Å². The van der Waals surface area contributed by atoms with Gasteiger partial charge in [-0.1, -0.05) is 6.08 Å². The maximum Gasteiger partial charge on any atom is 0.478 e. The average Bonchev–Trinajstić information content (AvgIpc) is 2.60. The summed E-state index contributed by atoms with van der Waals surface area (Å²) in [5.41, 5.74) is 0. The van der Waals surface area contributed by atoms with Gasteiger partial charge in [-0.2, -0.15) is 0 Å². The van der Waals surface area contributed by atoms with E-state index in [1.165, 1.54) is 0 Å². The van der Waals surface area contributed by atoms with E-state index in [4.69, 9.17) is 37.0 Å². The van der Waals surface area contributed by atoms with Crippen molar-refractivity contribution in [3.05, 3.63) is 12.7 Å². The molecule has 0 unspecified atom stereocenters. The highest BCUT2D eigenvalue weighted by atomic mass is 28.6. The Bertz CT molecular complexity index is 791. The lowest BCUT2D eigenvalue weighted by Gasteiger charge is -2.49. The summed E-state index contributed by atoms with van der Waals surface area (Å²) in [4.78, 5) is 0. The molecule has 0 aromatic heterocycles. The van der Waals surface area contributed by atoms with E-state index in [-0.39, 0.29) is 0 Å². The molecule has 0 aliphatic heterocycles. The molecule has 0 atom stereocenters. The third-order valence-electron chi connectivity index (χ3n) is 5.11. The molecule has 0 aliphatic carbocycles. The first-order chi connectivity index (χ1) is 19.9. The first kappa shape index (κ1) is 47.5. The van der Waals surface area contributed by atoms with Crippen LogP contribution in [0.15, 0.2) is 12.7 Å². The van der Waals surface area contributed by atoms with Gasteiger partial charge in [0.1, 0.15) is 0 Å². The fourth-order valence-electron chi connectivity index (χ4n) is 5.22.